The minimum absolute atomic E-state index is 0.0480. The van der Waals surface area contributed by atoms with Crippen molar-refractivity contribution in [2.24, 2.45) is 5.92 Å². The summed E-state index contributed by atoms with van der Waals surface area (Å²) in [6, 6.07) is 5.50. The predicted molar refractivity (Wildman–Crippen MR) is 65.8 cm³/mol. The molecular weight excluding hydrogens is 234 g/mol. The molecule has 0 aromatic heterocycles. The normalized spacial score (nSPS) is 19.1. The van der Waals surface area contributed by atoms with Gasteiger partial charge in [-0.05, 0) is 24.6 Å². The van der Waals surface area contributed by atoms with Crippen LogP contribution in [-0.4, -0.2) is 30.6 Å². The van der Waals surface area contributed by atoms with Crippen LogP contribution in [0.2, 0.25) is 0 Å². The third kappa shape index (κ3) is 2.16. The Kier molecular flexibility index (Phi) is 3.23. The molecule has 1 saturated heterocycles. The first kappa shape index (κ1) is 12.4. The first-order valence-corrected chi connectivity index (χ1v) is 5.70. The number of hydrogen-bond donors (Lipinski definition) is 1. The molecule has 96 valence electrons. The minimum Gasteiger partial charge on any atom is -0.495 e. The zero-order valence-electron chi connectivity index (χ0n) is 10.3. The number of methoxy groups -OCH3 is 1. The number of carboxylic acids is 1. The summed E-state index contributed by atoms with van der Waals surface area (Å²) in [7, 11) is 1.53. The van der Waals surface area contributed by atoms with Crippen LogP contribution in [-0.2, 0) is 9.59 Å². The summed E-state index contributed by atoms with van der Waals surface area (Å²) in [5, 5.41) is 8.97. The van der Waals surface area contributed by atoms with Gasteiger partial charge < -0.3 is 14.7 Å². The molecule has 5 nitrogen and oxygen atoms in total. The lowest BCUT2D eigenvalue weighted by molar-refractivity contribution is -0.141. The highest BCUT2D eigenvalue weighted by molar-refractivity contribution is 6.00. The van der Waals surface area contributed by atoms with Crippen molar-refractivity contribution in [3.05, 3.63) is 23.8 Å². The van der Waals surface area contributed by atoms with Crippen molar-refractivity contribution in [3.8, 4) is 5.75 Å². The Labute approximate surface area is 105 Å². The summed E-state index contributed by atoms with van der Waals surface area (Å²) in [5.41, 5.74) is 1.64. The Morgan fingerprint density at radius 3 is 2.78 bits per heavy atom. The van der Waals surface area contributed by atoms with Crippen molar-refractivity contribution >= 4 is 17.6 Å². The maximum atomic E-state index is 11.9. The monoisotopic (exact) mass is 249 g/mol. The first-order chi connectivity index (χ1) is 8.52. The highest BCUT2D eigenvalue weighted by Crippen LogP contribution is 2.33. The SMILES string of the molecule is COc1ccc(C)cc1N1CC(C(=O)O)CC1=O. The molecule has 0 spiro atoms. The second kappa shape index (κ2) is 4.68. The fourth-order valence-corrected chi connectivity index (χ4v) is 2.12. The van der Waals surface area contributed by atoms with Gasteiger partial charge in [0, 0.05) is 13.0 Å². The average Bonchev–Trinajstić information content (AvgIpc) is 2.71. The lowest BCUT2D eigenvalue weighted by Gasteiger charge is -2.19. The van der Waals surface area contributed by atoms with Crippen LogP contribution in [0.3, 0.4) is 0 Å². The van der Waals surface area contributed by atoms with E-state index in [0.29, 0.717) is 11.4 Å². The third-order valence-electron chi connectivity index (χ3n) is 3.10. The van der Waals surface area contributed by atoms with E-state index in [9.17, 15) is 9.59 Å². The van der Waals surface area contributed by atoms with E-state index < -0.39 is 11.9 Å². The van der Waals surface area contributed by atoms with Crippen molar-refractivity contribution < 1.29 is 19.4 Å². The van der Waals surface area contributed by atoms with Crippen molar-refractivity contribution in [2.45, 2.75) is 13.3 Å². The average molecular weight is 249 g/mol. The number of nitrogens with zero attached hydrogens (tertiary/aromatic N) is 1. The van der Waals surface area contributed by atoms with Gasteiger partial charge in [-0.1, -0.05) is 6.07 Å². The van der Waals surface area contributed by atoms with Crippen LogP contribution in [0.4, 0.5) is 5.69 Å². The fourth-order valence-electron chi connectivity index (χ4n) is 2.12. The minimum atomic E-state index is -0.933. The zero-order valence-corrected chi connectivity index (χ0v) is 10.3. The van der Waals surface area contributed by atoms with Gasteiger partial charge in [-0.15, -0.1) is 0 Å². The quantitative estimate of drug-likeness (QED) is 0.880. The zero-order chi connectivity index (χ0) is 13.3. The summed E-state index contributed by atoms with van der Waals surface area (Å²) in [5.74, 6) is -1.16. The Morgan fingerprint density at radius 1 is 1.50 bits per heavy atom. The summed E-state index contributed by atoms with van der Waals surface area (Å²) >= 11 is 0. The van der Waals surface area contributed by atoms with Gasteiger partial charge >= 0.3 is 5.97 Å². The van der Waals surface area contributed by atoms with Gasteiger partial charge in [-0.25, -0.2) is 0 Å². The number of aryl methyl sites for hydroxylation is 1. The van der Waals surface area contributed by atoms with E-state index in [1.807, 2.05) is 19.1 Å². The van der Waals surface area contributed by atoms with Gasteiger partial charge in [0.15, 0.2) is 0 Å². The predicted octanol–water partition coefficient (Wildman–Crippen LogP) is 1.44. The lowest BCUT2D eigenvalue weighted by Crippen LogP contribution is -2.26. The number of anilines is 1. The second-order valence-electron chi connectivity index (χ2n) is 4.42. The highest BCUT2D eigenvalue weighted by Gasteiger charge is 2.36. The third-order valence-corrected chi connectivity index (χ3v) is 3.10. The summed E-state index contributed by atoms with van der Waals surface area (Å²) in [4.78, 5) is 24.3. The number of carbonyl (C=O) groups excluding carboxylic acids is 1. The van der Waals surface area contributed by atoms with Crippen molar-refractivity contribution in [1.82, 2.24) is 0 Å². The molecule has 1 atom stereocenters. The molecule has 1 amide bonds. The van der Waals surface area contributed by atoms with E-state index in [1.54, 1.807) is 6.07 Å². The smallest absolute Gasteiger partial charge is 0.308 e. The van der Waals surface area contributed by atoms with E-state index in [-0.39, 0.29) is 18.9 Å². The standard InChI is InChI=1S/C13H15NO4/c1-8-3-4-11(18-2)10(5-8)14-7-9(13(16)17)6-12(14)15/h3-5,9H,6-7H2,1-2H3,(H,16,17). The van der Waals surface area contributed by atoms with E-state index in [0.717, 1.165) is 5.56 Å². The molecule has 0 aliphatic carbocycles. The number of hydrogen-bond acceptors (Lipinski definition) is 3. The molecule has 1 aliphatic rings. The molecule has 0 radical (unpaired) electrons. The van der Waals surface area contributed by atoms with E-state index in [1.165, 1.54) is 12.0 Å². The number of rotatable bonds is 3. The molecule has 0 saturated carbocycles. The first-order valence-electron chi connectivity index (χ1n) is 5.70. The van der Waals surface area contributed by atoms with Crippen LogP contribution in [0.25, 0.3) is 0 Å². The van der Waals surface area contributed by atoms with Gasteiger partial charge in [0.05, 0.1) is 18.7 Å². The summed E-state index contributed by atoms with van der Waals surface area (Å²) in [6.45, 7) is 2.12. The largest absolute Gasteiger partial charge is 0.495 e. The molecule has 1 heterocycles. The number of aliphatic carboxylic acids is 1. The number of carboxylic acid groups (broad SMARTS) is 1. The van der Waals surface area contributed by atoms with Gasteiger partial charge in [0.1, 0.15) is 5.75 Å². The van der Waals surface area contributed by atoms with Crippen LogP contribution in [0, 0.1) is 12.8 Å². The highest BCUT2D eigenvalue weighted by atomic mass is 16.5. The number of ether oxygens (including phenoxy) is 1. The van der Waals surface area contributed by atoms with Gasteiger partial charge in [0.25, 0.3) is 0 Å². The van der Waals surface area contributed by atoms with Crippen LogP contribution in [0.1, 0.15) is 12.0 Å². The van der Waals surface area contributed by atoms with Crippen molar-refractivity contribution in [1.29, 1.82) is 0 Å². The Morgan fingerprint density at radius 2 is 2.22 bits per heavy atom. The van der Waals surface area contributed by atoms with E-state index in [2.05, 4.69) is 0 Å². The van der Waals surface area contributed by atoms with E-state index in [4.69, 9.17) is 9.84 Å². The van der Waals surface area contributed by atoms with Crippen LogP contribution in [0.15, 0.2) is 18.2 Å². The molecule has 1 aromatic carbocycles. The number of carbonyl (C=O) groups is 2. The van der Waals surface area contributed by atoms with Crippen LogP contribution < -0.4 is 9.64 Å². The molecule has 1 N–H and O–H groups in total. The maximum absolute atomic E-state index is 11.9. The van der Waals surface area contributed by atoms with Crippen LogP contribution >= 0.6 is 0 Å². The number of benzene rings is 1. The molecule has 1 fully saturated rings. The second-order valence-corrected chi connectivity index (χ2v) is 4.42. The molecule has 0 bridgehead atoms. The Hall–Kier alpha value is -2.04. The summed E-state index contributed by atoms with van der Waals surface area (Å²) < 4.78 is 5.22. The molecular formula is C13H15NO4. The molecule has 18 heavy (non-hydrogen) atoms. The molecule has 2 rings (SSSR count). The topological polar surface area (TPSA) is 66.8 Å². The van der Waals surface area contributed by atoms with Gasteiger partial charge in [-0.2, -0.15) is 0 Å². The van der Waals surface area contributed by atoms with Crippen molar-refractivity contribution in [3.63, 3.8) is 0 Å². The summed E-state index contributed by atoms with van der Waals surface area (Å²) in [6.07, 6.45) is 0.0480. The Balaban J connectivity index is 2.34. The van der Waals surface area contributed by atoms with Crippen LogP contribution in [0.5, 0.6) is 5.75 Å². The maximum Gasteiger partial charge on any atom is 0.308 e. The number of amides is 1. The van der Waals surface area contributed by atoms with Gasteiger partial charge in [-0.3, -0.25) is 9.59 Å². The molecule has 1 aliphatic heterocycles. The lowest BCUT2D eigenvalue weighted by atomic mass is 10.1. The Bertz CT molecular complexity index is 498. The van der Waals surface area contributed by atoms with Gasteiger partial charge in [0.2, 0.25) is 5.91 Å². The van der Waals surface area contributed by atoms with E-state index >= 15 is 0 Å². The fraction of sp³-hybridized carbons (Fsp3) is 0.385. The molecule has 1 aromatic rings. The molecule has 1 unspecified atom stereocenters. The molecule has 5 heteroatoms. The van der Waals surface area contributed by atoms with Crippen molar-refractivity contribution in [2.75, 3.05) is 18.6 Å².